The molecule has 0 radical (unpaired) electrons. The Morgan fingerprint density at radius 2 is 1.79 bits per heavy atom. The molecule has 0 aliphatic carbocycles. The molecule has 0 aliphatic heterocycles. The fourth-order valence-corrected chi connectivity index (χ4v) is 2.68. The first-order valence-electron chi connectivity index (χ1n) is 8.05. The van der Waals surface area contributed by atoms with E-state index in [2.05, 4.69) is 20.8 Å². The van der Waals surface area contributed by atoms with Crippen molar-refractivity contribution >= 4 is 34.9 Å². The summed E-state index contributed by atoms with van der Waals surface area (Å²) in [5.41, 5.74) is 1.11. The van der Waals surface area contributed by atoms with Gasteiger partial charge in [0.25, 0.3) is 0 Å². The van der Waals surface area contributed by atoms with Gasteiger partial charge in [-0.25, -0.2) is 4.79 Å². The van der Waals surface area contributed by atoms with E-state index in [4.69, 9.17) is 37.1 Å². The van der Waals surface area contributed by atoms with Crippen molar-refractivity contribution in [3.63, 3.8) is 0 Å². The number of urea groups is 1. The van der Waals surface area contributed by atoms with E-state index in [-0.39, 0.29) is 12.4 Å². The predicted octanol–water partition coefficient (Wildman–Crippen LogP) is 4.38. The predicted molar refractivity (Wildman–Crippen MR) is 105 cm³/mol. The zero-order valence-corrected chi connectivity index (χ0v) is 16.5. The molecular formula is C18H16Cl2N4O4. The minimum atomic E-state index is -0.495. The molecule has 1 heterocycles. The zero-order valence-electron chi connectivity index (χ0n) is 15.0. The summed E-state index contributed by atoms with van der Waals surface area (Å²) in [4.78, 5) is 12.2. The van der Waals surface area contributed by atoms with Crippen LogP contribution < -0.4 is 20.1 Å². The van der Waals surface area contributed by atoms with E-state index < -0.39 is 6.03 Å². The lowest BCUT2D eigenvalue weighted by Crippen LogP contribution is -2.28. The Labute approximate surface area is 170 Å². The Morgan fingerprint density at radius 3 is 2.46 bits per heavy atom. The summed E-state index contributed by atoms with van der Waals surface area (Å²) >= 11 is 12.0. The maximum atomic E-state index is 12.2. The minimum absolute atomic E-state index is 0.0403. The summed E-state index contributed by atoms with van der Waals surface area (Å²) < 4.78 is 15.9. The number of nitrogens with zero attached hydrogens (tertiary/aromatic N) is 2. The third-order valence-corrected chi connectivity index (χ3v) is 4.23. The number of benzene rings is 2. The molecule has 0 bridgehead atoms. The number of hydrogen-bond acceptors (Lipinski definition) is 6. The maximum absolute atomic E-state index is 12.2. The molecule has 28 heavy (non-hydrogen) atoms. The minimum Gasteiger partial charge on any atom is -0.495 e. The van der Waals surface area contributed by atoms with E-state index in [0.29, 0.717) is 33.1 Å². The highest BCUT2D eigenvalue weighted by atomic mass is 35.5. The molecule has 0 aliphatic rings. The molecule has 3 aromatic rings. The molecular weight excluding hydrogens is 407 g/mol. The van der Waals surface area contributed by atoms with Gasteiger partial charge >= 0.3 is 6.03 Å². The highest BCUT2D eigenvalue weighted by Crippen LogP contribution is 2.35. The monoisotopic (exact) mass is 422 g/mol. The average molecular weight is 423 g/mol. The molecule has 2 aromatic carbocycles. The first-order chi connectivity index (χ1) is 13.5. The van der Waals surface area contributed by atoms with Gasteiger partial charge < -0.3 is 24.5 Å². The number of rotatable bonds is 6. The molecule has 146 valence electrons. The SMILES string of the molecule is COc1cc(OC)c(NC(=O)NCc2nnc(-c3ccc(Cl)cc3)o2)cc1Cl. The highest BCUT2D eigenvalue weighted by Gasteiger charge is 2.14. The Morgan fingerprint density at radius 1 is 1.07 bits per heavy atom. The number of nitrogens with one attached hydrogen (secondary N) is 2. The summed E-state index contributed by atoms with van der Waals surface area (Å²) in [7, 11) is 2.96. The molecule has 1 aromatic heterocycles. The van der Waals surface area contributed by atoms with Gasteiger partial charge in [-0.3, -0.25) is 0 Å². The molecule has 3 rings (SSSR count). The van der Waals surface area contributed by atoms with Gasteiger partial charge in [0.1, 0.15) is 11.5 Å². The standard InChI is InChI=1S/C18H16Cl2N4O4/c1-26-14-8-15(27-2)13(7-12(14)20)22-18(25)21-9-16-23-24-17(28-16)10-3-5-11(19)6-4-10/h3-8H,9H2,1-2H3,(H2,21,22,25). The largest absolute Gasteiger partial charge is 0.495 e. The molecule has 10 heteroatoms. The van der Waals surface area contributed by atoms with Crippen molar-refractivity contribution in [1.29, 1.82) is 0 Å². The summed E-state index contributed by atoms with van der Waals surface area (Å²) in [5.74, 6) is 1.42. The second kappa shape index (κ2) is 8.81. The Bertz CT molecular complexity index is 976. The number of anilines is 1. The summed E-state index contributed by atoms with van der Waals surface area (Å²) in [5, 5.41) is 14.1. The van der Waals surface area contributed by atoms with Gasteiger partial charge in [-0.1, -0.05) is 23.2 Å². The van der Waals surface area contributed by atoms with Gasteiger partial charge in [-0.05, 0) is 30.3 Å². The fraction of sp³-hybridized carbons (Fsp3) is 0.167. The second-order valence-corrected chi connectivity index (χ2v) is 6.35. The number of methoxy groups -OCH3 is 2. The molecule has 0 unspecified atom stereocenters. The fourth-order valence-electron chi connectivity index (χ4n) is 2.31. The topological polar surface area (TPSA) is 98.5 Å². The highest BCUT2D eigenvalue weighted by molar-refractivity contribution is 6.32. The molecule has 2 amide bonds. The van der Waals surface area contributed by atoms with E-state index in [9.17, 15) is 4.79 Å². The van der Waals surface area contributed by atoms with Crippen LogP contribution in [-0.2, 0) is 6.54 Å². The lowest BCUT2D eigenvalue weighted by molar-refractivity contribution is 0.250. The number of carbonyl (C=O) groups excluding carboxylic acids is 1. The summed E-state index contributed by atoms with van der Waals surface area (Å²) in [6.45, 7) is 0.0403. The van der Waals surface area contributed by atoms with E-state index in [1.807, 2.05) is 0 Å². The molecule has 2 N–H and O–H groups in total. The van der Waals surface area contributed by atoms with Crippen molar-refractivity contribution in [2.75, 3.05) is 19.5 Å². The van der Waals surface area contributed by atoms with Crippen LogP contribution in [0.1, 0.15) is 5.89 Å². The summed E-state index contributed by atoms with van der Waals surface area (Å²) in [6.07, 6.45) is 0. The van der Waals surface area contributed by atoms with Crippen LogP contribution in [0.5, 0.6) is 11.5 Å². The van der Waals surface area contributed by atoms with Crippen LogP contribution in [0, 0.1) is 0 Å². The molecule has 0 spiro atoms. The molecule has 8 nitrogen and oxygen atoms in total. The first kappa shape index (κ1) is 19.8. The van der Waals surface area contributed by atoms with Crippen molar-refractivity contribution in [3.8, 4) is 23.0 Å². The van der Waals surface area contributed by atoms with Gasteiger partial charge in [0.15, 0.2) is 0 Å². The van der Waals surface area contributed by atoms with Crippen LogP contribution in [-0.4, -0.2) is 30.4 Å². The number of ether oxygens (including phenoxy) is 2. The van der Waals surface area contributed by atoms with Crippen molar-refractivity contribution in [2.45, 2.75) is 6.54 Å². The quantitative estimate of drug-likeness (QED) is 0.611. The smallest absolute Gasteiger partial charge is 0.319 e. The molecule has 0 saturated heterocycles. The van der Waals surface area contributed by atoms with Crippen LogP contribution in [0.15, 0.2) is 40.8 Å². The first-order valence-corrected chi connectivity index (χ1v) is 8.80. The van der Waals surface area contributed by atoms with Crippen LogP contribution in [0.25, 0.3) is 11.5 Å². The number of carbonyl (C=O) groups is 1. The Kier molecular flexibility index (Phi) is 6.23. The van der Waals surface area contributed by atoms with E-state index in [0.717, 1.165) is 5.56 Å². The third kappa shape index (κ3) is 4.65. The van der Waals surface area contributed by atoms with E-state index >= 15 is 0 Å². The van der Waals surface area contributed by atoms with Crippen LogP contribution in [0.4, 0.5) is 10.5 Å². The lowest BCUT2D eigenvalue weighted by atomic mass is 10.2. The molecule has 0 atom stereocenters. The van der Waals surface area contributed by atoms with Crippen LogP contribution in [0.3, 0.4) is 0 Å². The Hall–Kier alpha value is -2.97. The average Bonchev–Trinajstić information content (AvgIpc) is 3.16. The number of halogens is 2. The van der Waals surface area contributed by atoms with Crippen LogP contribution in [0.2, 0.25) is 10.0 Å². The van der Waals surface area contributed by atoms with Crippen molar-refractivity contribution in [3.05, 3.63) is 52.3 Å². The zero-order chi connectivity index (χ0) is 20.1. The van der Waals surface area contributed by atoms with Crippen molar-refractivity contribution < 1.29 is 18.7 Å². The van der Waals surface area contributed by atoms with Crippen molar-refractivity contribution in [1.82, 2.24) is 15.5 Å². The molecule has 0 fully saturated rings. The number of hydrogen-bond donors (Lipinski definition) is 2. The lowest BCUT2D eigenvalue weighted by Gasteiger charge is -2.13. The second-order valence-electron chi connectivity index (χ2n) is 5.50. The van der Waals surface area contributed by atoms with E-state index in [1.54, 1.807) is 30.3 Å². The van der Waals surface area contributed by atoms with Gasteiger partial charge in [-0.15, -0.1) is 10.2 Å². The van der Waals surface area contributed by atoms with Crippen LogP contribution >= 0.6 is 23.2 Å². The number of amides is 2. The summed E-state index contributed by atoms with van der Waals surface area (Å²) in [6, 6.07) is 9.59. The number of aromatic nitrogens is 2. The third-order valence-electron chi connectivity index (χ3n) is 3.68. The van der Waals surface area contributed by atoms with Gasteiger partial charge in [0.2, 0.25) is 11.8 Å². The normalized spacial score (nSPS) is 10.4. The van der Waals surface area contributed by atoms with Crippen molar-refractivity contribution in [2.24, 2.45) is 0 Å². The van der Waals surface area contributed by atoms with Gasteiger partial charge in [0.05, 0.1) is 31.5 Å². The Balaban J connectivity index is 1.62. The maximum Gasteiger partial charge on any atom is 0.319 e. The van der Waals surface area contributed by atoms with Gasteiger partial charge in [0, 0.05) is 16.7 Å². The van der Waals surface area contributed by atoms with Gasteiger partial charge in [-0.2, -0.15) is 0 Å². The molecule has 0 saturated carbocycles. The van der Waals surface area contributed by atoms with E-state index in [1.165, 1.54) is 20.3 Å².